The molecule has 0 spiro atoms. The van der Waals surface area contributed by atoms with Gasteiger partial charge >= 0.3 is 0 Å². The van der Waals surface area contributed by atoms with E-state index in [1.165, 1.54) is 17.5 Å². The van der Waals surface area contributed by atoms with Gasteiger partial charge in [0, 0.05) is 12.6 Å². The number of primary amides is 1. The number of hydrogen-bond acceptors (Lipinski definition) is 2. The van der Waals surface area contributed by atoms with Crippen molar-refractivity contribution in [1.82, 2.24) is 5.32 Å². The van der Waals surface area contributed by atoms with Crippen LogP contribution in [0.5, 0.6) is 0 Å². The number of amides is 1. The van der Waals surface area contributed by atoms with E-state index in [9.17, 15) is 4.79 Å². The van der Waals surface area contributed by atoms with E-state index in [2.05, 4.69) is 29.6 Å². The number of nitrogens with one attached hydrogen (secondary N) is 1. The highest BCUT2D eigenvalue weighted by Gasteiger charge is 2.27. The Morgan fingerprint density at radius 1 is 1.44 bits per heavy atom. The second kappa shape index (κ2) is 5.11. The lowest BCUT2D eigenvalue weighted by atomic mass is 9.86. The zero-order valence-electron chi connectivity index (χ0n) is 11.2. The molecule has 3 heteroatoms. The Morgan fingerprint density at radius 3 is 2.89 bits per heavy atom. The molecule has 0 saturated heterocycles. The summed E-state index contributed by atoms with van der Waals surface area (Å²) in [7, 11) is 0. The van der Waals surface area contributed by atoms with Crippen molar-refractivity contribution in [3.8, 4) is 0 Å². The van der Waals surface area contributed by atoms with Gasteiger partial charge in [-0.15, -0.1) is 0 Å². The molecular formula is C15H22N2O. The molecule has 0 bridgehead atoms. The van der Waals surface area contributed by atoms with Crippen LogP contribution in [0.3, 0.4) is 0 Å². The van der Waals surface area contributed by atoms with Crippen molar-refractivity contribution in [2.45, 2.75) is 39.2 Å². The van der Waals surface area contributed by atoms with Crippen molar-refractivity contribution >= 4 is 5.91 Å². The fourth-order valence-corrected chi connectivity index (χ4v) is 2.43. The van der Waals surface area contributed by atoms with Crippen LogP contribution < -0.4 is 11.1 Å². The normalized spacial score (nSPS) is 19.3. The van der Waals surface area contributed by atoms with E-state index in [0.717, 1.165) is 12.8 Å². The molecule has 0 fully saturated rings. The van der Waals surface area contributed by atoms with Crippen LogP contribution in [0.15, 0.2) is 24.3 Å². The van der Waals surface area contributed by atoms with Crippen LogP contribution in [0.4, 0.5) is 0 Å². The quantitative estimate of drug-likeness (QED) is 0.855. The summed E-state index contributed by atoms with van der Waals surface area (Å²) < 4.78 is 0. The number of fused-ring (bicyclic) bond motifs is 1. The third-order valence-electron chi connectivity index (χ3n) is 3.83. The standard InChI is InChI=1S/C15H22N2O/c1-15(2,14(16)18)10-17-13-9-5-7-11-6-3-4-8-12(11)13/h3-4,6,8,13,17H,5,7,9-10H2,1-2H3,(H2,16,18)/t13-/m1/s1. The number of benzene rings is 1. The maximum atomic E-state index is 11.3. The van der Waals surface area contributed by atoms with Crippen molar-refractivity contribution in [1.29, 1.82) is 0 Å². The Kier molecular flexibility index (Phi) is 3.71. The molecule has 1 aromatic carbocycles. The third kappa shape index (κ3) is 2.72. The number of nitrogens with two attached hydrogens (primary N) is 1. The molecule has 0 heterocycles. The molecule has 0 aliphatic heterocycles. The second-order valence-corrected chi connectivity index (χ2v) is 5.77. The van der Waals surface area contributed by atoms with Gasteiger partial charge in [0.25, 0.3) is 0 Å². The summed E-state index contributed by atoms with van der Waals surface area (Å²) in [4.78, 5) is 11.3. The molecule has 1 atom stereocenters. The molecule has 0 saturated carbocycles. The van der Waals surface area contributed by atoms with Gasteiger partial charge < -0.3 is 11.1 Å². The third-order valence-corrected chi connectivity index (χ3v) is 3.83. The van der Waals surface area contributed by atoms with Gasteiger partial charge in [-0.05, 0) is 44.2 Å². The number of aryl methyl sites for hydroxylation is 1. The van der Waals surface area contributed by atoms with Crippen molar-refractivity contribution in [3.05, 3.63) is 35.4 Å². The molecule has 1 aliphatic rings. The van der Waals surface area contributed by atoms with Gasteiger partial charge in [0.2, 0.25) is 5.91 Å². The topological polar surface area (TPSA) is 55.1 Å². The molecule has 3 N–H and O–H groups in total. The summed E-state index contributed by atoms with van der Waals surface area (Å²) in [5.41, 5.74) is 7.72. The van der Waals surface area contributed by atoms with E-state index in [4.69, 9.17) is 5.73 Å². The number of carbonyl (C=O) groups is 1. The van der Waals surface area contributed by atoms with E-state index < -0.39 is 5.41 Å². The molecule has 0 aromatic heterocycles. The summed E-state index contributed by atoms with van der Waals surface area (Å²) >= 11 is 0. The van der Waals surface area contributed by atoms with Gasteiger partial charge in [0.05, 0.1) is 5.41 Å². The minimum Gasteiger partial charge on any atom is -0.369 e. The highest BCUT2D eigenvalue weighted by atomic mass is 16.1. The summed E-state index contributed by atoms with van der Waals surface area (Å²) in [6.07, 6.45) is 3.49. The van der Waals surface area contributed by atoms with Gasteiger partial charge in [-0.25, -0.2) is 0 Å². The fraction of sp³-hybridized carbons (Fsp3) is 0.533. The summed E-state index contributed by atoms with van der Waals surface area (Å²) in [5, 5.41) is 3.50. The SMILES string of the molecule is CC(C)(CN[C@@H]1CCCc2ccccc21)C(N)=O. The predicted octanol–water partition coefficient (Wildman–Crippen LogP) is 2.17. The highest BCUT2D eigenvalue weighted by Crippen LogP contribution is 2.30. The Bertz CT molecular complexity index is 440. The molecule has 0 unspecified atom stereocenters. The molecule has 2 rings (SSSR count). The number of hydrogen-bond donors (Lipinski definition) is 2. The lowest BCUT2D eigenvalue weighted by Crippen LogP contribution is -2.42. The van der Waals surface area contributed by atoms with Crippen LogP contribution in [0.1, 0.15) is 43.9 Å². The van der Waals surface area contributed by atoms with Crippen LogP contribution in [-0.2, 0) is 11.2 Å². The predicted molar refractivity (Wildman–Crippen MR) is 73.1 cm³/mol. The highest BCUT2D eigenvalue weighted by molar-refractivity contribution is 5.80. The number of rotatable bonds is 4. The Labute approximate surface area is 109 Å². The minimum atomic E-state index is -0.494. The van der Waals surface area contributed by atoms with Gasteiger partial charge in [-0.2, -0.15) is 0 Å². The lowest BCUT2D eigenvalue weighted by Gasteiger charge is -2.30. The van der Waals surface area contributed by atoms with Crippen molar-refractivity contribution in [2.24, 2.45) is 11.1 Å². The van der Waals surface area contributed by atoms with Crippen LogP contribution >= 0.6 is 0 Å². The van der Waals surface area contributed by atoms with E-state index in [-0.39, 0.29) is 5.91 Å². The van der Waals surface area contributed by atoms with Crippen molar-refractivity contribution < 1.29 is 4.79 Å². The fourth-order valence-electron chi connectivity index (χ4n) is 2.43. The van der Waals surface area contributed by atoms with Crippen molar-refractivity contribution in [2.75, 3.05) is 6.54 Å². The van der Waals surface area contributed by atoms with Gasteiger partial charge in [0.15, 0.2) is 0 Å². The summed E-state index contributed by atoms with van der Waals surface area (Å²) in [6, 6.07) is 8.91. The van der Waals surface area contributed by atoms with Gasteiger partial charge in [0.1, 0.15) is 0 Å². The van der Waals surface area contributed by atoms with Crippen LogP contribution in [-0.4, -0.2) is 12.5 Å². The molecule has 3 nitrogen and oxygen atoms in total. The van der Waals surface area contributed by atoms with Gasteiger partial charge in [-0.3, -0.25) is 4.79 Å². The zero-order chi connectivity index (χ0) is 13.2. The first-order valence-corrected chi connectivity index (χ1v) is 6.62. The Morgan fingerprint density at radius 2 is 2.17 bits per heavy atom. The van der Waals surface area contributed by atoms with Crippen LogP contribution in [0.25, 0.3) is 0 Å². The molecular weight excluding hydrogens is 224 g/mol. The second-order valence-electron chi connectivity index (χ2n) is 5.77. The van der Waals surface area contributed by atoms with E-state index in [0.29, 0.717) is 12.6 Å². The maximum absolute atomic E-state index is 11.3. The first-order valence-electron chi connectivity index (χ1n) is 6.62. The Balaban J connectivity index is 2.06. The summed E-state index contributed by atoms with van der Waals surface area (Å²) in [5.74, 6) is -0.251. The monoisotopic (exact) mass is 246 g/mol. The van der Waals surface area contributed by atoms with Crippen LogP contribution in [0.2, 0.25) is 0 Å². The first-order chi connectivity index (χ1) is 8.50. The molecule has 1 aliphatic carbocycles. The number of carbonyl (C=O) groups excluding carboxylic acids is 1. The van der Waals surface area contributed by atoms with E-state index in [1.54, 1.807) is 0 Å². The molecule has 0 radical (unpaired) electrons. The maximum Gasteiger partial charge on any atom is 0.224 e. The van der Waals surface area contributed by atoms with E-state index in [1.807, 2.05) is 13.8 Å². The summed E-state index contributed by atoms with van der Waals surface area (Å²) in [6.45, 7) is 4.40. The average molecular weight is 246 g/mol. The molecule has 1 aromatic rings. The first kappa shape index (κ1) is 13.1. The Hall–Kier alpha value is -1.35. The minimum absolute atomic E-state index is 0.251. The molecule has 1 amide bonds. The van der Waals surface area contributed by atoms with Crippen molar-refractivity contribution in [3.63, 3.8) is 0 Å². The average Bonchev–Trinajstić information content (AvgIpc) is 2.36. The molecule has 18 heavy (non-hydrogen) atoms. The van der Waals surface area contributed by atoms with Gasteiger partial charge in [-0.1, -0.05) is 24.3 Å². The van der Waals surface area contributed by atoms with Crippen LogP contribution in [0, 0.1) is 5.41 Å². The lowest BCUT2D eigenvalue weighted by molar-refractivity contribution is -0.125. The smallest absolute Gasteiger partial charge is 0.224 e. The zero-order valence-corrected chi connectivity index (χ0v) is 11.2. The largest absolute Gasteiger partial charge is 0.369 e. The van der Waals surface area contributed by atoms with E-state index >= 15 is 0 Å². The molecule has 98 valence electrons.